The van der Waals surface area contributed by atoms with Crippen LogP contribution in [0.2, 0.25) is 25.7 Å². The van der Waals surface area contributed by atoms with Crippen LogP contribution in [0.25, 0.3) is 11.2 Å². The molecule has 0 aromatic carbocycles. The first-order valence-electron chi connectivity index (χ1n) is 8.48. The van der Waals surface area contributed by atoms with Gasteiger partial charge in [-0.15, -0.1) is 0 Å². The maximum Gasteiger partial charge on any atom is 0.404 e. The van der Waals surface area contributed by atoms with Crippen molar-refractivity contribution in [1.29, 1.82) is 0 Å². The highest BCUT2D eigenvalue weighted by Crippen LogP contribution is 2.18. The van der Waals surface area contributed by atoms with Gasteiger partial charge in [-0.05, 0) is 18.2 Å². The lowest BCUT2D eigenvalue weighted by atomic mass is 10.3. The van der Waals surface area contributed by atoms with Crippen LogP contribution < -0.4 is 11.1 Å². The van der Waals surface area contributed by atoms with Gasteiger partial charge in [0.25, 0.3) is 0 Å². The summed E-state index contributed by atoms with van der Waals surface area (Å²) in [6.07, 6.45) is -2.75. The Morgan fingerprint density at radius 1 is 1.31 bits per heavy atom. The van der Waals surface area contributed by atoms with Gasteiger partial charge in [-0.2, -0.15) is 13.2 Å². The summed E-state index contributed by atoms with van der Waals surface area (Å²) in [5.41, 5.74) is 7.06. The van der Waals surface area contributed by atoms with Crippen LogP contribution in [0.3, 0.4) is 0 Å². The predicted molar refractivity (Wildman–Crippen MR) is 97.4 cm³/mol. The van der Waals surface area contributed by atoms with Gasteiger partial charge in [-0.25, -0.2) is 9.97 Å². The van der Waals surface area contributed by atoms with Crippen LogP contribution in [0.4, 0.5) is 13.2 Å². The topological polar surface area (TPSA) is 78.0 Å². The SMILES string of the molecule is C[Si](C)(C)CCOCn1cnc2ccc(CNCC(N)C(F)(F)F)nc21. The Morgan fingerprint density at radius 2 is 2.04 bits per heavy atom. The van der Waals surface area contributed by atoms with Crippen LogP contribution in [0.5, 0.6) is 0 Å². The van der Waals surface area contributed by atoms with Crippen molar-refractivity contribution in [3.8, 4) is 0 Å². The Kier molecular flexibility index (Phi) is 6.78. The quantitative estimate of drug-likeness (QED) is 0.509. The van der Waals surface area contributed by atoms with Crippen LogP contribution in [-0.2, 0) is 18.0 Å². The molecule has 0 spiro atoms. The number of fused-ring (bicyclic) bond motifs is 1. The predicted octanol–water partition coefficient (Wildman–Crippen LogP) is 2.72. The second-order valence-electron chi connectivity index (χ2n) is 7.49. The highest BCUT2D eigenvalue weighted by molar-refractivity contribution is 6.76. The molecule has 6 nitrogen and oxygen atoms in total. The normalized spacial score (nSPS) is 14.1. The molecule has 0 aliphatic rings. The number of alkyl halides is 3. The molecular weight excluding hydrogens is 363 g/mol. The molecule has 0 radical (unpaired) electrons. The average molecular weight is 389 g/mol. The van der Waals surface area contributed by atoms with E-state index in [9.17, 15) is 13.2 Å². The molecule has 0 amide bonds. The van der Waals surface area contributed by atoms with E-state index in [1.807, 2.05) is 0 Å². The van der Waals surface area contributed by atoms with Gasteiger partial charge in [0.2, 0.25) is 0 Å². The van der Waals surface area contributed by atoms with E-state index < -0.39 is 20.3 Å². The Morgan fingerprint density at radius 3 is 2.69 bits per heavy atom. The number of imidazole rings is 1. The molecule has 1 atom stereocenters. The number of rotatable bonds is 9. The lowest BCUT2D eigenvalue weighted by Crippen LogP contribution is -2.45. The number of aromatic nitrogens is 3. The molecule has 2 aromatic rings. The Balaban J connectivity index is 1.92. The fourth-order valence-corrected chi connectivity index (χ4v) is 2.94. The summed E-state index contributed by atoms with van der Waals surface area (Å²) in [7, 11) is -1.14. The number of nitrogens with one attached hydrogen (secondary N) is 1. The fraction of sp³-hybridized carbons (Fsp3) is 0.625. The van der Waals surface area contributed by atoms with Gasteiger partial charge in [0.1, 0.15) is 18.3 Å². The van der Waals surface area contributed by atoms with Gasteiger partial charge in [0.15, 0.2) is 5.65 Å². The first kappa shape index (κ1) is 20.8. The molecular formula is C16H26F3N5OSi. The second-order valence-corrected chi connectivity index (χ2v) is 13.1. The van der Waals surface area contributed by atoms with Gasteiger partial charge in [-0.1, -0.05) is 19.6 Å². The van der Waals surface area contributed by atoms with Crippen LogP contribution in [0, 0.1) is 0 Å². The molecule has 0 aliphatic carbocycles. The number of nitrogens with zero attached hydrogens (tertiary/aromatic N) is 3. The summed E-state index contributed by atoms with van der Waals surface area (Å²) in [6, 6.07) is 2.71. The molecule has 1 unspecified atom stereocenters. The van der Waals surface area contributed by atoms with Crippen LogP contribution in [-0.4, -0.2) is 48.0 Å². The Labute approximate surface area is 152 Å². The standard InChI is InChI=1S/C16H26F3N5OSi/c1-26(2,3)7-6-25-11-24-10-22-13-5-4-12(23-15(13)24)8-21-9-14(20)16(17,18)19/h4-5,10,14,21H,6-9,11,20H2,1-3H3. The maximum atomic E-state index is 12.4. The lowest BCUT2D eigenvalue weighted by molar-refractivity contribution is -0.146. The van der Waals surface area contributed by atoms with E-state index in [2.05, 4.69) is 34.9 Å². The molecule has 0 fully saturated rings. The smallest absolute Gasteiger partial charge is 0.361 e. The molecule has 0 saturated carbocycles. The lowest BCUT2D eigenvalue weighted by Gasteiger charge is -2.16. The van der Waals surface area contributed by atoms with Crippen molar-refractivity contribution in [3.05, 3.63) is 24.2 Å². The monoisotopic (exact) mass is 389 g/mol. The van der Waals surface area contributed by atoms with Crippen molar-refractivity contribution >= 4 is 19.2 Å². The van der Waals surface area contributed by atoms with Crippen molar-refractivity contribution in [2.45, 2.75) is 51.2 Å². The molecule has 0 saturated heterocycles. The van der Waals surface area contributed by atoms with E-state index in [-0.39, 0.29) is 13.1 Å². The highest BCUT2D eigenvalue weighted by atomic mass is 28.3. The number of pyridine rings is 1. The minimum atomic E-state index is -4.41. The van der Waals surface area contributed by atoms with E-state index in [0.717, 1.165) is 11.6 Å². The van der Waals surface area contributed by atoms with Gasteiger partial charge in [0, 0.05) is 27.8 Å². The zero-order chi connectivity index (χ0) is 19.4. The zero-order valence-corrected chi connectivity index (χ0v) is 16.3. The summed E-state index contributed by atoms with van der Waals surface area (Å²) in [6.45, 7) is 7.73. The molecule has 2 heterocycles. The Bertz CT molecular complexity index is 714. The number of hydrogen-bond acceptors (Lipinski definition) is 5. The zero-order valence-electron chi connectivity index (χ0n) is 15.3. The summed E-state index contributed by atoms with van der Waals surface area (Å²) < 4.78 is 44.7. The minimum absolute atomic E-state index is 0.196. The molecule has 2 rings (SSSR count). The van der Waals surface area contributed by atoms with E-state index in [1.165, 1.54) is 0 Å². The van der Waals surface area contributed by atoms with Crippen LogP contribution in [0.1, 0.15) is 5.69 Å². The third-order valence-electron chi connectivity index (χ3n) is 3.84. The van der Waals surface area contributed by atoms with Gasteiger partial charge < -0.3 is 15.8 Å². The third kappa shape index (κ3) is 6.34. The van der Waals surface area contributed by atoms with Crippen molar-refractivity contribution in [2.75, 3.05) is 13.2 Å². The largest absolute Gasteiger partial charge is 0.404 e. The number of ether oxygens (including phenoxy) is 1. The first-order valence-corrected chi connectivity index (χ1v) is 12.2. The molecule has 146 valence electrons. The van der Waals surface area contributed by atoms with Gasteiger partial charge in [0.05, 0.1) is 12.0 Å². The molecule has 2 aromatic heterocycles. The first-order chi connectivity index (χ1) is 12.1. The van der Waals surface area contributed by atoms with Crippen molar-refractivity contribution in [2.24, 2.45) is 5.73 Å². The highest BCUT2D eigenvalue weighted by Gasteiger charge is 2.36. The third-order valence-corrected chi connectivity index (χ3v) is 5.54. The molecule has 0 aliphatic heterocycles. The number of halogens is 3. The van der Waals surface area contributed by atoms with E-state index in [4.69, 9.17) is 10.5 Å². The second kappa shape index (κ2) is 8.46. The van der Waals surface area contributed by atoms with Crippen LogP contribution in [0.15, 0.2) is 18.5 Å². The maximum absolute atomic E-state index is 12.4. The van der Waals surface area contributed by atoms with E-state index >= 15 is 0 Å². The van der Waals surface area contributed by atoms with E-state index in [1.54, 1.807) is 23.0 Å². The van der Waals surface area contributed by atoms with Crippen molar-refractivity contribution < 1.29 is 17.9 Å². The molecule has 10 heteroatoms. The summed E-state index contributed by atoms with van der Waals surface area (Å²) in [5, 5.41) is 2.69. The number of nitrogens with two attached hydrogens (primary N) is 1. The average Bonchev–Trinajstić information content (AvgIpc) is 2.92. The molecule has 0 bridgehead atoms. The fourth-order valence-electron chi connectivity index (χ4n) is 2.18. The molecule has 26 heavy (non-hydrogen) atoms. The summed E-state index contributed by atoms with van der Waals surface area (Å²) >= 11 is 0. The van der Waals surface area contributed by atoms with Crippen molar-refractivity contribution in [3.63, 3.8) is 0 Å². The number of hydrogen-bond donors (Lipinski definition) is 2. The van der Waals surface area contributed by atoms with Gasteiger partial charge in [-0.3, -0.25) is 4.57 Å². The van der Waals surface area contributed by atoms with Gasteiger partial charge >= 0.3 is 6.18 Å². The van der Waals surface area contributed by atoms with Crippen molar-refractivity contribution in [1.82, 2.24) is 19.9 Å². The van der Waals surface area contributed by atoms with Crippen LogP contribution >= 0.6 is 0 Å². The Hall–Kier alpha value is -1.49. The summed E-state index contributed by atoms with van der Waals surface area (Å²) in [5.74, 6) is 0. The minimum Gasteiger partial charge on any atom is -0.361 e. The summed E-state index contributed by atoms with van der Waals surface area (Å²) in [4.78, 5) is 8.73. The molecule has 3 N–H and O–H groups in total. The van der Waals surface area contributed by atoms with E-state index in [0.29, 0.717) is 24.7 Å².